The average Bonchev–Trinajstić information content (AvgIpc) is 1.11. The Morgan fingerprint density at radius 2 is 0.465 bits per heavy atom. The summed E-state index contributed by atoms with van der Waals surface area (Å²) in [5, 5.41) is 10.6. The molecule has 0 amide bonds. The van der Waals surface area contributed by atoms with E-state index in [1.807, 2.05) is 0 Å². The van der Waals surface area contributed by atoms with Crippen LogP contribution >= 0.6 is 15.6 Å². The third kappa shape index (κ3) is 74.1. The van der Waals surface area contributed by atoms with Crippen molar-refractivity contribution < 1.29 is 80.2 Å². The highest BCUT2D eigenvalue weighted by Crippen LogP contribution is 2.45. The summed E-state index contributed by atoms with van der Waals surface area (Å²) >= 11 is 0. The molecule has 0 spiro atoms. The summed E-state index contributed by atoms with van der Waals surface area (Å²) in [5.74, 6) is -0.631. The van der Waals surface area contributed by atoms with E-state index in [0.29, 0.717) is 25.7 Å². The molecule has 0 aromatic rings. The normalized spacial score (nSPS) is 13.9. The van der Waals surface area contributed by atoms with Gasteiger partial charge in [-0.15, -0.1) is 0 Å². The molecule has 0 fully saturated rings. The minimum absolute atomic E-state index is 0.105. The number of ether oxygens (including phenoxy) is 4. The molecule has 17 nitrogen and oxygen atoms in total. The summed E-state index contributed by atoms with van der Waals surface area (Å²) in [4.78, 5) is 73.0. The third-order valence-electron chi connectivity index (χ3n) is 18.7. The van der Waals surface area contributed by atoms with Crippen LogP contribution in [-0.2, 0) is 65.4 Å². The number of hydrogen-bond acceptors (Lipinski definition) is 15. The molecular formula is C80H156O17P2. The van der Waals surface area contributed by atoms with Crippen LogP contribution < -0.4 is 0 Å². The average molecular weight is 1450 g/mol. The first-order valence-corrected chi connectivity index (χ1v) is 44.5. The first-order valence-electron chi connectivity index (χ1n) is 41.5. The molecule has 588 valence electrons. The lowest BCUT2D eigenvalue weighted by Gasteiger charge is -2.21. The minimum atomic E-state index is -4.96. The van der Waals surface area contributed by atoms with Crippen LogP contribution in [0.15, 0.2) is 0 Å². The van der Waals surface area contributed by atoms with Crippen molar-refractivity contribution >= 4 is 39.5 Å². The third-order valence-corrected chi connectivity index (χ3v) is 20.6. The molecule has 0 aromatic heterocycles. The largest absolute Gasteiger partial charge is 0.472 e. The molecule has 0 saturated heterocycles. The number of aliphatic hydroxyl groups excluding tert-OH is 1. The van der Waals surface area contributed by atoms with Crippen LogP contribution in [0.3, 0.4) is 0 Å². The predicted octanol–water partition coefficient (Wildman–Crippen LogP) is 23.9. The van der Waals surface area contributed by atoms with E-state index in [-0.39, 0.29) is 25.7 Å². The second-order valence-electron chi connectivity index (χ2n) is 29.8. The molecule has 0 aliphatic carbocycles. The van der Waals surface area contributed by atoms with Crippen LogP contribution in [0.2, 0.25) is 0 Å². The molecule has 0 radical (unpaired) electrons. The van der Waals surface area contributed by atoms with Crippen molar-refractivity contribution in [1.82, 2.24) is 0 Å². The van der Waals surface area contributed by atoms with Gasteiger partial charge in [0, 0.05) is 25.7 Å². The number of aliphatic hydroxyl groups is 1. The van der Waals surface area contributed by atoms with Crippen LogP contribution in [0.1, 0.15) is 420 Å². The molecule has 0 rings (SSSR count). The first-order chi connectivity index (χ1) is 47.9. The van der Waals surface area contributed by atoms with Crippen LogP contribution in [0.5, 0.6) is 0 Å². The second kappa shape index (κ2) is 71.7. The predicted molar refractivity (Wildman–Crippen MR) is 405 cm³/mol. The van der Waals surface area contributed by atoms with E-state index < -0.39 is 97.5 Å². The lowest BCUT2D eigenvalue weighted by Crippen LogP contribution is -2.30. The standard InChI is InChI=1S/C80H156O17P2/c1-7-9-11-13-15-17-19-21-23-24-25-26-27-28-29-31-33-39-46-52-58-64-79(84)96-75(68-90-77(82)62-56-50-44-38-32-30-22-20-18-16-14-12-10-8-2)70-94-98(86,87)92-66-74(81)67-93-99(88,89)95-71-76(97-80(85)65-59-53-47-41-35-37-43-49-55-61-73(5)6)69-91-78(83)63-57-51-45-40-34-36-42-48-54-60-72(3)4/h72-76,81H,7-71H2,1-6H3,(H,86,87)(H,88,89)/t74-,75-,76-/m1/s1. The molecule has 3 N–H and O–H groups in total. The van der Waals surface area contributed by atoms with E-state index in [2.05, 4.69) is 41.5 Å². The number of phosphoric acid groups is 2. The maximum absolute atomic E-state index is 13.1. The maximum Gasteiger partial charge on any atom is 0.472 e. The van der Waals surface area contributed by atoms with E-state index >= 15 is 0 Å². The van der Waals surface area contributed by atoms with Gasteiger partial charge in [-0.2, -0.15) is 0 Å². The number of carbonyl (C=O) groups excluding carboxylic acids is 4. The summed E-state index contributed by atoms with van der Waals surface area (Å²) < 4.78 is 68.7. The molecule has 0 heterocycles. The van der Waals surface area contributed by atoms with Crippen molar-refractivity contribution in [2.75, 3.05) is 39.6 Å². The maximum atomic E-state index is 13.1. The van der Waals surface area contributed by atoms with Gasteiger partial charge < -0.3 is 33.8 Å². The smallest absolute Gasteiger partial charge is 0.462 e. The summed E-state index contributed by atoms with van der Waals surface area (Å²) in [7, 11) is -9.92. The number of phosphoric ester groups is 2. The zero-order valence-electron chi connectivity index (χ0n) is 64.8. The van der Waals surface area contributed by atoms with Gasteiger partial charge in [0.15, 0.2) is 12.2 Å². The Bertz CT molecular complexity index is 1910. The number of esters is 4. The Hall–Kier alpha value is -1.94. The number of carbonyl (C=O) groups is 4. The van der Waals surface area contributed by atoms with Gasteiger partial charge in [-0.1, -0.05) is 369 Å². The molecule has 0 aliphatic heterocycles. The van der Waals surface area contributed by atoms with Crippen molar-refractivity contribution in [2.24, 2.45) is 11.8 Å². The van der Waals surface area contributed by atoms with E-state index in [1.165, 1.54) is 238 Å². The van der Waals surface area contributed by atoms with Crippen LogP contribution in [0.25, 0.3) is 0 Å². The topological polar surface area (TPSA) is 237 Å². The molecule has 5 atom stereocenters. The van der Waals surface area contributed by atoms with E-state index in [9.17, 15) is 43.2 Å². The Balaban J connectivity index is 5.22. The molecule has 19 heteroatoms. The van der Waals surface area contributed by atoms with Gasteiger partial charge in [-0.3, -0.25) is 37.3 Å². The summed E-state index contributed by atoms with van der Waals surface area (Å²) in [5.41, 5.74) is 0. The Labute approximate surface area is 607 Å². The highest BCUT2D eigenvalue weighted by atomic mass is 31.2. The SMILES string of the molecule is CCCCCCCCCCCCCCCCCCCCCCCC(=O)O[C@H](COC(=O)CCCCCCCCCCCCCCCC)COP(=O)(O)OC[C@@H](O)COP(=O)(O)OC[C@@H](COC(=O)CCCCCCCCCCCC(C)C)OC(=O)CCCCCCCCCCCC(C)C. The lowest BCUT2D eigenvalue weighted by molar-refractivity contribution is -0.161. The van der Waals surface area contributed by atoms with Crippen molar-refractivity contribution in [3.63, 3.8) is 0 Å². The van der Waals surface area contributed by atoms with Crippen molar-refractivity contribution in [1.29, 1.82) is 0 Å². The van der Waals surface area contributed by atoms with Crippen molar-refractivity contribution in [2.45, 2.75) is 439 Å². The Morgan fingerprint density at radius 1 is 0.273 bits per heavy atom. The minimum Gasteiger partial charge on any atom is -0.462 e. The van der Waals surface area contributed by atoms with Crippen LogP contribution in [-0.4, -0.2) is 96.7 Å². The number of unbranched alkanes of at least 4 members (excludes halogenated alkanes) is 49. The number of hydrogen-bond donors (Lipinski definition) is 3. The lowest BCUT2D eigenvalue weighted by atomic mass is 10.0. The van der Waals surface area contributed by atoms with Gasteiger partial charge in [-0.25, -0.2) is 9.13 Å². The van der Waals surface area contributed by atoms with Gasteiger partial charge in [0.1, 0.15) is 19.3 Å². The van der Waals surface area contributed by atoms with Gasteiger partial charge in [0.2, 0.25) is 0 Å². The molecule has 0 saturated carbocycles. The van der Waals surface area contributed by atoms with Crippen molar-refractivity contribution in [3.05, 3.63) is 0 Å². The van der Waals surface area contributed by atoms with E-state index in [1.54, 1.807) is 0 Å². The molecule has 0 aliphatic rings. The van der Waals surface area contributed by atoms with Crippen LogP contribution in [0.4, 0.5) is 0 Å². The fraction of sp³-hybridized carbons (Fsp3) is 0.950. The van der Waals surface area contributed by atoms with E-state index in [0.717, 1.165) is 102 Å². The number of rotatable bonds is 79. The zero-order chi connectivity index (χ0) is 72.8. The van der Waals surface area contributed by atoms with Crippen LogP contribution in [0, 0.1) is 11.8 Å². The van der Waals surface area contributed by atoms with Gasteiger partial charge in [0.05, 0.1) is 26.4 Å². The summed E-state index contributed by atoms with van der Waals surface area (Å²) in [6, 6.07) is 0. The van der Waals surface area contributed by atoms with Gasteiger partial charge >= 0.3 is 39.5 Å². The van der Waals surface area contributed by atoms with Gasteiger partial charge in [0.25, 0.3) is 0 Å². The summed E-state index contributed by atoms with van der Waals surface area (Å²) in [6.07, 6.45) is 61.1. The fourth-order valence-electron chi connectivity index (χ4n) is 12.4. The molecular weight excluding hydrogens is 1290 g/mol. The Kier molecular flexibility index (Phi) is 70.3. The highest BCUT2D eigenvalue weighted by Gasteiger charge is 2.30. The Morgan fingerprint density at radius 3 is 0.687 bits per heavy atom. The first kappa shape index (κ1) is 97.1. The molecule has 0 aromatic carbocycles. The second-order valence-corrected chi connectivity index (χ2v) is 32.7. The monoisotopic (exact) mass is 1450 g/mol. The highest BCUT2D eigenvalue weighted by molar-refractivity contribution is 7.47. The molecule has 0 bridgehead atoms. The molecule has 2 unspecified atom stereocenters. The zero-order valence-corrected chi connectivity index (χ0v) is 66.6. The van der Waals surface area contributed by atoms with Crippen molar-refractivity contribution in [3.8, 4) is 0 Å². The molecule has 99 heavy (non-hydrogen) atoms. The quantitative estimate of drug-likeness (QED) is 0.0222. The van der Waals surface area contributed by atoms with Gasteiger partial charge in [-0.05, 0) is 37.5 Å². The summed E-state index contributed by atoms with van der Waals surface area (Å²) in [6.45, 7) is 9.58. The fourth-order valence-corrected chi connectivity index (χ4v) is 13.9. The van der Waals surface area contributed by atoms with E-state index in [4.69, 9.17) is 37.0 Å².